The summed E-state index contributed by atoms with van der Waals surface area (Å²) in [4.78, 5) is 12.2. The van der Waals surface area contributed by atoms with Gasteiger partial charge in [-0.25, -0.2) is 13.6 Å². The first kappa shape index (κ1) is 17.2. The van der Waals surface area contributed by atoms with E-state index in [4.69, 9.17) is 5.14 Å². The quantitative estimate of drug-likeness (QED) is 0.788. The maximum absolute atomic E-state index is 12.2. The summed E-state index contributed by atoms with van der Waals surface area (Å²) in [5, 5.41) is 14.6. The number of hydrogen-bond acceptors (Lipinski definition) is 4. The molecule has 1 amide bonds. The molecular formula is C15H20N4O3S. The van der Waals surface area contributed by atoms with Crippen LogP contribution < -0.4 is 10.5 Å². The van der Waals surface area contributed by atoms with E-state index in [0.717, 1.165) is 5.69 Å². The van der Waals surface area contributed by atoms with Crippen LogP contribution in [0.1, 0.15) is 42.5 Å². The fourth-order valence-corrected chi connectivity index (χ4v) is 2.59. The molecule has 0 aliphatic heterocycles. The van der Waals surface area contributed by atoms with Crippen molar-refractivity contribution in [2.24, 2.45) is 5.14 Å². The van der Waals surface area contributed by atoms with Crippen LogP contribution in [0.5, 0.6) is 0 Å². The zero-order chi connectivity index (χ0) is 17.3. The third-order valence-corrected chi connectivity index (χ3v) is 3.93. The van der Waals surface area contributed by atoms with Crippen molar-refractivity contribution in [3.8, 4) is 0 Å². The summed E-state index contributed by atoms with van der Waals surface area (Å²) >= 11 is 0. The van der Waals surface area contributed by atoms with Crippen LogP contribution in [-0.4, -0.2) is 24.5 Å². The summed E-state index contributed by atoms with van der Waals surface area (Å²) in [5.41, 5.74) is 2.14. The van der Waals surface area contributed by atoms with Crippen LogP contribution in [0.15, 0.2) is 30.3 Å². The van der Waals surface area contributed by atoms with Crippen LogP contribution >= 0.6 is 0 Å². The van der Waals surface area contributed by atoms with Crippen LogP contribution in [0.2, 0.25) is 0 Å². The van der Waals surface area contributed by atoms with Gasteiger partial charge in [-0.3, -0.25) is 9.89 Å². The zero-order valence-electron chi connectivity index (χ0n) is 13.3. The minimum atomic E-state index is -3.57. The molecule has 0 saturated carbocycles. The Labute approximate surface area is 135 Å². The average molecular weight is 336 g/mol. The largest absolute Gasteiger partial charge is 0.321 e. The van der Waals surface area contributed by atoms with Crippen LogP contribution in [0.3, 0.4) is 0 Å². The number of benzene rings is 1. The second-order valence-corrected chi connectivity index (χ2v) is 7.99. The van der Waals surface area contributed by atoms with E-state index in [0.29, 0.717) is 16.9 Å². The monoisotopic (exact) mass is 336 g/mol. The smallest absolute Gasteiger partial charge is 0.276 e. The molecule has 0 unspecified atom stereocenters. The number of hydrogen-bond donors (Lipinski definition) is 3. The van der Waals surface area contributed by atoms with Gasteiger partial charge in [0, 0.05) is 16.8 Å². The summed E-state index contributed by atoms with van der Waals surface area (Å²) in [6, 6.07) is 8.16. The number of nitrogens with two attached hydrogens (primary N) is 1. The number of nitrogens with zero attached hydrogens (tertiary/aromatic N) is 1. The molecule has 1 aromatic heterocycles. The number of carbonyl (C=O) groups excluding carboxylic acids is 1. The Hall–Kier alpha value is -2.19. The summed E-state index contributed by atoms with van der Waals surface area (Å²) in [6.45, 7) is 6.06. The molecule has 0 spiro atoms. The topological polar surface area (TPSA) is 118 Å². The second kappa shape index (κ2) is 6.13. The number of sulfonamides is 1. The van der Waals surface area contributed by atoms with Gasteiger partial charge in [0.2, 0.25) is 10.0 Å². The van der Waals surface area contributed by atoms with Gasteiger partial charge in [0.25, 0.3) is 5.91 Å². The van der Waals surface area contributed by atoms with E-state index in [-0.39, 0.29) is 17.1 Å². The Morgan fingerprint density at radius 1 is 1.26 bits per heavy atom. The highest BCUT2D eigenvalue weighted by molar-refractivity contribution is 7.88. The number of anilines is 1. The fraction of sp³-hybridized carbons (Fsp3) is 0.333. The molecule has 0 bridgehead atoms. The standard InChI is InChI=1S/C15H20N4O3S/c1-15(2,3)13-8-12(18-19-13)14(20)17-11-6-4-10(5-7-11)9-23(16,21)22/h4-8H,9H2,1-3H3,(H,17,20)(H,18,19)(H2,16,21,22). The molecule has 0 radical (unpaired) electrons. The van der Waals surface area contributed by atoms with E-state index in [9.17, 15) is 13.2 Å². The first-order valence-electron chi connectivity index (χ1n) is 7.01. The van der Waals surface area contributed by atoms with Gasteiger partial charge < -0.3 is 5.32 Å². The van der Waals surface area contributed by atoms with Crippen molar-refractivity contribution < 1.29 is 13.2 Å². The zero-order valence-corrected chi connectivity index (χ0v) is 14.1. The van der Waals surface area contributed by atoms with Crippen molar-refractivity contribution in [2.45, 2.75) is 31.9 Å². The molecule has 2 rings (SSSR count). The number of rotatable bonds is 4. The molecular weight excluding hydrogens is 316 g/mol. The Kier molecular flexibility index (Phi) is 4.58. The Balaban J connectivity index is 2.07. The number of aromatic amines is 1. The minimum absolute atomic E-state index is 0.124. The fourth-order valence-electron chi connectivity index (χ4n) is 1.93. The highest BCUT2D eigenvalue weighted by atomic mass is 32.2. The molecule has 0 aliphatic rings. The van der Waals surface area contributed by atoms with E-state index in [1.807, 2.05) is 20.8 Å². The first-order valence-corrected chi connectivity index (χ1v) is 8.73. The van der Waals surface area contributed by atoms with Crippen molar-refractivity contribution in [1.29, 1.82) is 0 Å². The lowest BCUT2D eigenvalue weighted by Crippen LogP contribution is -2.15. The van der Waals surface area contributed by atoms with Gasteiger partial charge in [0.1, 0.15) is 0 Å². The maximum atomic E-state index is 12.2. The Morgan fingerprint density at radius 3 is 2.35 bits per heavy atom. The molecule has 2 aromatic rings. The van der Waals surface area contributed by atoms with Crippen LogP contribution in [0, 0.1) is 0 Å². The van der Waals surface area contributed by atoms with Gasteiger partial charge in [-0.15, -0.1) is 0 Å². The summed E-state index contributed by atoms with van der Waals surface area (Å²) in [5.74, 6) is -0.578. The van der Waals surface area contributed by atoms with Crippen LogP contribution in [0.25, 0.3) is 0 Å². The summed E-state index contributed by atoms with van der Waals surface area (Å²) < 4.78 is 22.1. The number of aromatic nitrogens is 2. The molecule has 8 heteroatoms. The van der Waals surface area contributed by atoms with Crippen molar-refractivity contribution in [1.82, 2.24) is 10.2 Å². The molecule has 124 valence electrons. The molecule has 0 atom stereocenters. The minimum Gasteiger partial charge on any atom is -0.321 e. The van der Waals surface area contributed by atoms with E-state index < -0.39 is 10.0 Å². The normalized spacial score (nSPS) is 12.2. The van der Waals surface area contributed by atoms with E-state index in [1.165, 1.54) is 0 Å². The van der Waals surface area contributed by atoms with Gasteiger partial charge in [0.15, 0.2) is 5.69 Å². The highest BCUT2D eigenvalue weighted by Gasteiger charge is 2.19. The number of carbonyl (C=O) groups is 1. The molecule has 7 nitrogen and oxygen atoms in total. The molecule has 1 heterocycles. The number of primary sulfonamides is 1. The van der Waals surface area contributed by atoms with Gasteiger partial charge in [0.05, 0.1) is 5.75 Å². The average Bonchev–Trinajstić information content (AvgIpc) is 2.89. The molecule has 0 saturated heterocycles. The van der Waals surface area contributed by atoms with E-state index in [2.05, 4.69) is 15.5 Å². The summed E-state index contributed by atoms with van der Waals surface area (Å²) in [7, 11) is -3.57. The summed E-state index contributed by atoms with van der Waals surface area (Å²) in [6.07, 6.45) is 0. The van der Waals surface area contributed by atoms with Gasteiger partial charge >= 0.3 is 0 Å². The van der Waals surface area contributed by atoms with E-state index in [1.54, 1.807) is 30.3 Å². The maximum Gasteiger partial charge on any atom is 0.276 e. The number of amides is 1. The van der Waals surface area contributed by atoms with Crippen LogP contribution in [0.4, 0.5) is 5.69 Å². The second-order valence-electron chi connectivity index (χ2n) is 6.38. The molecule has 23 heavy (non-hydrogen) atoms. The van der Waals surface area contributed by atoms with E-state index >= 15 is 0 Å². The SMILES string of the molecule is CC(C)(C)c1cc(C(=O)Nc2ccc(CS(N)(=O)=O)cc2)n[nH]1. The van der Waals surface area contributed by atoms with Crippen molar-refractivity contribution in [3.05, 3.63) is 47.3 Å². The highest BCUT2D eigenvalue weighted by Crippen LogP contribution is 2.20. The first-order chi connectivity index (χ1) is 10.5. The Morgan fingerprint density at radius 2 is 1.87 bits per heavy atom. The Bertz CT molecular complexity index is 802. The number of H-pyrrole nitrogens is 1. The van der Waals surface area contributed by atoms with Gasteiger partial charge in [-0.1, -0.05) is 32.9 Å². The van der Waals surface area contributed by atoms with Crippen molar-refractivity contribution in [3.63, 3.8) is 0 Å². The van der Waals surface area contributed by atoms with Crippen molar-refractivity contribution in [2.75, 3.05) is 5.32 Å². The third kappa shape index (κ3) is 4.90. The number of nitrogens with one attached hydrogen (secondary N) is 2. The van der Waals surface area contributed by atoms with Gasteiger partial charge in [-0.05, 0) is 23.8 Å². The molecule has 0 aliphatic carbocycles. The third-order valence-electron chi connectivity index (χ3n) is 3.20. The molecule has 0 fully saturated rings. The predicted octanol–water partition coefficient (Wildman–Crippen LogP) is 1.75. The van der Waals surface area contributed by atoms with Crippen LogP contribution in [-0.2, 0) is 21.2 Å². The lowest BCUT2D eigenvalue weighted by atomic mass is 9.92. The molecule has 4 N–H and O–H groups in total. The van der Waals surface area contributed by atoms with Gasteiger partial charge in [-0.2, -0.15) is 5.10 Å². The molecule has 1 aromatic carbocycles. The van der Waals surface area contributed by atoms with Crippen molar-refractivity contribution >= 4 is 21.6 Å². The predicted molar refractivity (Wildman–Crippen MR) is 88.5 cm³/mol. The lowest BCUT2D eigenvalue weighted by Gasteiger charge is -2.14. The lowest BCUT2D eigenvalue weighted by molar-refractivity contribution is 0.102.